The van der Waals surface area contributed by atoms with Gasteiger partial charge in [-0.05, 0) is 38.3 Å². The van der Waals surface area contributed by atoms with Crippen LogP contribution >= 0.6 is 0 Å². The Morgan fingerprint density at radius 2 is 1.84 bits per heavy atom. The molecule has 2 rings (SSSR count). The summed E-state index contributed by atoms with van der Waals surface area (Å²) in [4.78, 5) is 11.9. The number of sulfonamides is 1. The van der Waals surface area contributed by atoms with Gasteiger partial charge < -0.3 is 9.84 Å². The van der Waals surface area contributed by atoms with Gasteiger partial charge in [0.25, 0.3) is 15.6 Å². The molecule has 0 aromatic heterocycles. The highest BCUT2D eigenvalue weighted by Crippen LogP contribution is 2.50. The molecule has 1 N–H and O–H groups in total. The van der Waals surface area contributed by atoms with E-state index in [0.29, 0.717) is 22.9 Å². The quantitative estimate of drug-likeness (QED) is 0.435. The van der Waals surface area contributed by atoms with Crippen molar-refractivity contribution >= 4 is 16.0 Å². The third kappa shape index (κ3) is 5.03. The molecular formula is C19H21F6NO5S. The van der Waals surface area contributed by atoms with E-state index in [1.165, 1.54) is 19.1 Å². The van der Waals surface area contributed by atoms with Crippen molar-refractivity contribution in [3.05, 3.63) is 47.1 Å². The van der Waals surface area contributed by atoms with E-state index >= 15 is 0 Å². The molecule has 0 saturated carbocycles. The van der Waals surface area contributed by atoms with Crippen LogP contribution in [0.4, 0.5) is 26.3 Å². The Bertz CT molecular complexity index is 932. The molecule has 0 fully saturated rings. The van der Waals surface area contributed by atoms with Crippen LogP contribution in [0.15, 0.2) is 47.1 Å². The van der Waals surface area contributed by atoms with Crippen molar-refractivity contribution in [2.24, 2.45) is 5.92 Å². The van der Waals surface area contributed by atoms with E-state index in [0.717, 1.165) is 6.08 Å². The fourth-order valence-electron chi connectivity index (χ4n) is 3.26. The summed E-state index contributed by atoms with van der Waals surface area (Å²) in [5.74, 6) is -3.41. The molecule has 13 heteroatoms. The van der Waals surface area contributed by atoms with Crippen molar-refractivity contribution in [3.8, 4) is 0 Å². The van der Waals surface area contributed by atoms with Crippen molar-refractivity contribution in [3.63, 3.8) is 0 Å². The number of hydrogen-bond acceptors (Lipinski definition) is 5. The maximum atomic E-state index is 13.1. The number of allylic oxidation sites excluding steroid dienone is 6. The third-order valence-electron chi connectivity index (χ3n) is 4.94. The van der Waals surface area contributed by atoms with Gasteiger partial charge in [-0.1, -0.05) is 24.3 Å². The number of carbonyl (C=O) groups excluding carboxylic acids is 1. The second kappa shape index (κ2) is 9.30. The second-order valence-electron chi connectivity index (χ2n) is 7.01. The summed E-state index contributed by atoms with van der Waals surface area (Å²) in [7, 11) is -4.33. The minimum absolute atomic E-state index is 0.0701. The fraction of sp³-hybridized carbons (Fsp3) is 0.526. The van der Waals surface area contributed by atoms with Gasteiger partial charge in [-0.2, -0.15) is 26.3 Å². The molecule has 2 aliphatic carbocycles. The van der Waals surface area contributed by atoms with Gasteiger partial charge in [-0.3, -0.25) is 9.10 Å². The van der Waals surface area contributed by atoms with Crippen molar-refractivity contribution in [2.75, 3.05) is 13.2 Å². The largest absolute Gasteiger partial charge is 0.465 e. The van der Waals surface area contributed by atoms with Crippen LogP contribution in [0.3, 0.4) is 0 Å². The number of ether oxygens (including phenoxy) is 1. The molecule has 180 valence electrons. The van der Waals surface area contributed by atoms with Gasteiger partial charge in [0.2, 0.25) is 0 Å². The summed E-state index contributed by atoms with van der Waals surface area (Å²) in [5, 5.41) is 9.56. The number of esters is 1. The van der Waals surface area contributed by atoms with Crippen LogP contribution in [0.25, 0.3) is 0 Å². The first-order valence-corrected chi connectivity index (χ1v) is 10.9. The molecule has 0 amide bonds. The minimum Gasteiger partial charge on any atom is -0.465 e. The highest BCUT2D eigenvalue weighted by Gasteiger charge is 2.73. The lowest BCUT2D eigenvalue weighted by Gasteiger charge is -2.38. The van der Waals surface area contributed by atoms with Crippen LogP contribution in [0.1, 0.15) is 26.2 Å². The summed E-state index contributed by atoms with van der Waals surface area (Å²) >= 11 is 0. The Hall–Kier alpha value is -2.28. The number of nitrogens with zero attached hydrogens (tertiary/aromatic N) is 1. The first kappa shape index (κ1) is 26.0. The van der Waals surface area contributed by atoms with Gasteiger partial charge in [-0.15, -0.1) is 0 Å². The summed E-state index contributed by atoms with van der Waals surface area (Å²) in [6.45, 7) is 0.574. The van der Waals surface area contributed by atoms with Crippen LogP contribution in [-0.4, -0.2) is 54.9 Å². The van der Waals surface area contributed by atoms with Crippen LogP contribution in [0.2, 0.25) is 0 Å². The zero-order chi connectivity index (χ0) is 24.4. The number of alkyl halides is 6. The molecule has 0 radical (unpaired) electrons. The molecule has 0 aliphatic heterocycles. The van der Waals surface area contributed by atoms with E-state index < -0.39 is 52.8 Å². The van der Waals surface area contributed by atoms with Gasteiger partial charge in [0.05, 0.1) is 11.5 Å². The molecule has 0 saturated heterocycles. The number of hydrogen-bond donors (Lipinski definition) is 1. The van der Waals surface area contributed by atoms with Crippen LogP contribution < -0.4 is 0 Å². The fourth-order valence-corrected chi connectivity index (χ4v) is 4.86. The Morgan fingerprint density at radius 1 is 1.22 bits per heavy atom. The third-order valence-corrected chi connectivity index (χ3v) is 6.87. The van der Waals surface area contributed by atoms with Crippen LogP contribution in [0.5, 0.6) is 0 Å². The molecule has 1 unspecified atom stereocenters. The predicted octanol–water partition coefficient (Wildman–Crippen LogP) is 3.73. The van der Waals surface area contributed by atoms with Gasteiger partial charge >= 0.3 is 18.3 Å². The zero-order valence-electron chi connectivity index (χ0n) is 16.8. The minimum atomic E-state index is -6.03. The van der Waals surface area contributed by atoms with Crippen molar-refractivity contribution in [1.82, 2.24) is 4.31 Å². The maximum absolute atomic E-state index is 13.1. The highest BCUT2D eigenvalue weighted by atomic mass is 32.2. The molecule has 2 aliphatic rings. The Labute approximate surface area is 180 Å². The normalized spacial score (nSPS) is 19.9. The van der Waals surface area contributed by atoms with Crippen molar-refractivity contribution < 1.29 is 49.4 Å². The van der Waals surface area contributed by atoms with E-state index in [-0.39, 0.29) is 23.6 Å². The molecule has 0 bridgehead atoms. The number of carbonyl (C=O) groups is 1. The molecule has 32 heavy (non-hydrogen) atoms. The topological polar surface area (TPSA) is 83.9 Å². The molecule has 1 atom stereocenters. The summed E-state index contributed by atoms with van der Waals surface area (Å²) in [5.41, 5.74) is -5.34. The van der Waals surface area contributed by atoms with Gasteiger partial charge in [0.1, 0.15) is 6.54 Å². The lowest BCUT2D eigenvalue weighted by molar-refractivity contribution is -0.380. The van der Waals surface area contributed by atoms with Crippen LogP contribution in [-0.2, 0) is 19.6 Å². The zero-order valence-corrected chi connectivity index (χ0v) is 17.6. The lowest BCUT2D eigenvalue weighted by atomic mass is 9.81. The Morgan fingerprint density at radius 3 is 2.28 bits per heavy atom. The molecule has 0 aromatic rings. The molecular weight excluding hydrogens is 468 g/mol. The monoisotopic (exact) mass is 489 g/mol. The van der Waals surface area contributed by atoms with E-state index in [9.17, 15) is 44.7 Å². The van der Waals surface area contributed by atoms with Gasteiger partial charge in [0.15, 0.2) is 0 Å². The molecule has 0 spiro atoms. The predicted molar refractivity (Wildman–Crippen MR) is 101 cm³/mol. The smallest absolute Gasteiger partial charge is 0.426 e. The van der Waals surface area contributed by atoms with Gasteiger partial charge in [-0.25, -0.2) is 8.42 Å². The average Bonchev–Trinajstić information content (AvgIpc) is 2.70. The lowest BCUT2D eigenvalue weighted by Crippen LogP contribution is -2.61. The SMILES string of the molecule is CCOC(=O)CN(C1=CCC(C(O)(C(F)(F)F)C(F)(F)F)C=C1)S(=O)(=O)C1=CC=CCC1. The van der Waals surface area contributed by atoms with Crippen molar-refractivity contribution in [2.45, 2.75) is 44.1 Å². The van der Waals surface area contributed by atoms with E-state index in [2.05, 4.69) is 0 Å². The first-order chi connectivity index (χ1) is 14.7. The number of aliphatic hydroxyl groups is 1. The number of rotatable bonds is 7. The summed E-state index contributed by atoms with van der Waals surface area (Å²) in [6.07, 6.45) is -6.10. The standard InChI is InChI=1S/C19H21F6NO5S/c1-2-31-16(27)12-26(32(29,30)15-6-4-3-5-7-15)14-10-8-13(9-11-14)17(28,18(20,21)22)19(23,24)25/h3-4,6,8,10-11,13,28H,2,5,7,9,12H2,1H3. The average molecular weight is 489 g/mol. The Kier molecular flexibility index (Phi) is 7.55. The second-order valence-corrected chi connectivity index (χ2v) is 8.92. The van der Waals surface area contributed by atoms with E-state index in [1.54, 1.807) is 6.08 Å². The number of halogens is 6. The molecule has 0 aromatic carbocycles. The maximum Gasteiger partial charge on any atom is 0.426 e. The Balaban J connectivity index is 2.42. The van der Waals surface area contributed by atoms with E-state index in [1.807, 2.05) is 0 Å². The summed E-state index contributed by atoms with van der Waals surface area (Å²) < 4.78 is 110. The summed E-state index contributed by atoms with van der Waals surface area (Å²) in [6, 6.07) is 0. The van der Waals surface area contributed by atoms with Crippen LogP contribution in [0, 0.1) is 5.92 Å². The van der Waals surface area contributed by atoms with Gasteiger partial charge in [0, 0.05) is 11.6 Å². The molecule has 6 nitrogen and oxygen atoms in total. The first-order valence-electron chi connectivity index (χ1n) is 9.44. The molecule has 0 heterocycles. The van der Waals surface area contributed by atoms with E-state index in [4.69, 9.17) is 4.74 Å². The van der Waals surface area contributed by atoms with Crippen molar-refractivity contribution in [1.29, 1.82) is 0 Å². The highest BCUT2D eigenvalue weighted by molar-refractivity contribution is 7.93.